The van der Waals surface area contributed by atoms with Crippen LogP contribution >= 0.6 is 11.6 Å². The molecule has 0 aromatic heterocycles. The molecule has 0 radical (unpaired) electrons. The highest BCUT2D eigenvalue weighted by atomic mass is 35.5. The average molecular weight is 423 g/mol. The van der Waals surface area contributed by atoms with Gasteiger partial charge in [0, 0.05) is 36.9 Å². The Labute approximate surface area is 180 Å². The Morgan fingerprint density at radius 2 is 1.63 bits per heavy atom. The fourth-order valence-electron chi connectivity index (χ4n) is 3.69. The highest BCUT2D eigenvalue weighted by Gasteiger charge is 2.22. The van der Waals surface area contributed by atoms with Crippen LogP contribution in [0.4, 0.5) is 5.69 Å². The predicted octanol–water partition coefficient (Wildman–Crippen LogP) is 3.93. The van der Waals surface area contributed by atoms with Gasteiger partial charge in [0.15, 0.2) is 6.61 Å². The van der Waals surface area contributed by atoms with Crippen LogP contribution < -0.4 is 4.90 Å². The van der Waals surface area contributed by atoms with Gasteiger partial charge in [0.1, 0.15) is 0 Å². The molecule has 30 heavy (non-hydrogen) atoms. The van der Waals surface area contributed by atoms with Gasteiger partial charge in [0.25, 0.3) is 5.91 Å². The van der Waals surface area contributed by atoms with Crippen molar-refractivity contribution in [1.82, 2.24) is 4.90 Å². The van der Waals surface area contributed by atoms with E-state index in [4.69, 9.17) is 16.3 Å². The van der Waals surface area contributed by atoms with E-state index >= 15 is 0 Å². The van der Waals surface area contributed by atoms with E-state index in [0.29, 0.717) is 18.1 Å². The third-order valence-electron chi connectivity index (χ3n) is 5.32. The van der Waals surface area contributed by atoms with Crippen LogP contribution in [0.25, 0.3) is 10.8 Å². The molecule has 5 nitrogen and oxygen atoms in total. The van der Waals surface area contributed by atoms with Gasteiger partial charge in [-0.25, -0.2) is 0 Å². The minimum atomic E-state index is -0.392. The minimum absolute atomic E-state index is 0.153. The van der Waals surface area contributed by atoms with Gasteiger partial charge in [-0.3, -0.25) is 9.59 Å². The number of esters is 1. The maximum Gasteiger partial charge on any atom is 0.310 e. The Hall–Kier alpha value is -3.05. The van der Waals surface area contributed by atoms with Crippen molar-refractivity contribution in [1.29, 1.82) is 0 Å². The standard InChI is InChI=1S/C24H23ClN2O3/c25-21-6-3-7-22(16-21)26-10-12-27(13-11-26)23(28)17-30-24(29)15-18-8-9-19-4-1-2-5-20(19)14-18/h1-9,14,16H,10-13,15,17H2. The summed E-state index contributed by atoms with van der Waals surface area (Å²) < 4.78 is 5.24. The normalized spacial score (nSPS) is 14.0. The van der Waals surface area contributed by atoms with E-state index in [2.05, 4.69) is 4.90 Å². The van der Waals surface area contributed by atoms with Gasteiger partial charge in [0.05, 0.1) is 6.42 Å². The van der Waals surface area contributed by atoms with Crippen LogP contribution in [0.1, 0.15) is 5.56 Å². The number of piperazine rings is 1. The second-order valence-electron chi connectivity index (χ2n) is 7.37. The predicted molar refractivity (Wildman–Crippen MR) is 119 cm³/mol. The van der Waals surface area contributed by atoms with Crippen LogP contribution in [0, 0.1) is 0 Å². The SMILES string of the molecule is O=C(Cc1ccc2ccccc2c1)OCC(=O)N1CCN(c2cccc(Cl)c2)CC1. The maximum atomic E-state index is 12.4. The number of carbonyl (C=O) groups excluding carboxylic acids is 2. The molecule has 154 valence electrons. The zero-order valence-electron chi connectivity index (χ0n) is 16.6. The molecule has 0 unspecified atom stereocenters. The quantitative estimate of drug-likeness (QED) is 0.584. The van der Waals surface area contributed by atoms with E-state index < -0.39 is 5.97 Å². The Balaban J connectivity index is 1.24. The van der Waals surface area contributed by atoms with E-state index in [1.165, 1.54) is 0 Å². The summed E-state index contributed by atoms with van der Waals surface area (Å²) in [5.74, 6) is -0.552. The van der Waals surface area contributed by atoms with E-state index in [-0.39, 0.29) is 18.9 Å². The fraction of sp³-hybridized carbons (Fsp3) is 0.250. The molecule has 3 aromatic carbocycles. The van der Waals surface area contributed by atoms with Crippen LogP contribution in [0.2, 0.25) is 5.02 Å². The monoisotopic (exact) mass is 422 g/mol. The highest BCUT2D eigenvalue weighted by Crippen LogP contribution is 2.21. The van der Waals surface area contributed by atoms with E-state index in [1.807, 2.05) is 66.7 Å². The van der Waals surface area contributed by atoms with Crippen LogP contribution in [-0.2, 0) is 20.7 Å². The number of ether oxygens (including phenoxy) is 1. The topological polar surface area (TPSA) is 49.9 Å². The number of nitrogens with zero attached hydrogens (tertiary/aromatic N) is 2. The van der Waals surface area contributed by atoms with Crippen molar-refractivity contribution in [3.05, 3.63) is 77.3 Å². The number of hydrogen-bond acceptors (Lipinski definition) is 4. The average Bonchev–Trinajstić information content (AvgIpc) is 2.77. The molecule has 0 N–H and O–H groups in total. The van der Waals surface area contributed by atoms with E-state index in [0.717, 1.165) is 35.1 Å². The molecule has 0 aliphatic carbocycles. The number of halogens is 1. The molecule has 0 saturated carbocycles. The lowest BCUT2D eigenvalue weighted by molar-refractivity contribution is -0.151. The van der Waals surface area contributed by atoms with Gasteiger partial charge in [-0.15, -0.1) is 0 Å². The van der Waals surface area contributed by atoms with E-state index in [1.54, 1.807) is 4.90 Å². The van der Waals surface area contributed by atoms with Gasteiger partial charge in [-0.05, 0) is 34.5 Å². The van der Waals surface area contributed by atoms with Crippen molar-refractivity contribution in [3.63, 3.8) is 0 Å². The molecule has 4 rings (SSSR count). The lowest BCUT2D eigenvalue weighted by Crippen LogP contribution is -2.50. The third kappa shape index (κ3) is 4.92. The number of benzene rings is 3. The summed E-state index contributed by atoms with van der Waals surface area (Å²) in [5.41, 5.74) is 1.93. The lowest BCUT2D eigenvalue weighted by atomic mass is 10.1. The summed E-state index contributed by atoms with van der Waals surface area (Å²) in [6.45, 7) is 2.40. The molecular weight excluding hydrogens is 400 g/mol. The largest absolute Gasteiger partial charge is 0.455 e. The summed E-state index contributed by atoms with van der Waals surface area (Å²) in [7, 11) is 0. The number of carbonyl (C=O) groups is 2. The van der Waals surface area contributed by atoms with Crippen molar-refractivity contribution in [3.8, 4) is 0 Å². The van der Waals surface area contributed by atoms with Crippen molar-refractivity contribution >= 4 is 39.9 Å². The molecule has 1 amide bonds. The zero-order valence-corrected chi connectivity index (χ0v) is 17.3. The molecule has 0 atom stereocenters. The summed E-state index contributed by atoms with van der Waals surface area (Å²) in [6.07, 6.45) is 0.153. The highest BCUT2D eigenvalue weighted by molar-refractivity contribution is 6.30. The Morgan fingerprint density at radius 1 is 0.867 bits per heavy atom. The van der Waals surface area contributed by atoms with Crippen molar-refractivity contribution in [2.24, 2.45) is 0 Å². The maximum absolute atomic E-state index is 12.4. The summed E-state index contributed by atoms with van der Waals surface area (Å²) in [6, 6.07) is 21.6. The van der Waals surface area contributed by atoms with Crippen molar-refractivity contribution in [2.45, 2.75) is 6.42 Å². The first kappa shape index (κ1) is 20.2. The van der Waals surface area contributed by atoms with Gasteiger partial charge < -0.3 is 14.5 Å². The smallest absolute Gasteiger partial charge is 0.310 e. The number of rotatable bonds is 5. The third-order valence-corrected chi connectivity index (χ3v) is 5.56. The van der Waals surface area contributed by atoms with Crippen LogP contribution in [0.15, 0.2) is 66.7 Å². The molecule has 0 spiro atoms. The molecule has 1 aliphatic rings. The number of amides is 1. The van der Waals surface area contributed by atoms with Gasteiger partial charge in [-0.2, -0.15) is 0 Å². The molecule has 1 fully saturated rings. The Morgan fingerprint density at radius 3 is 2.40 bits per heavy atom. The van der Waals surface area contributed by atoms with Crippen LogP contribution in [0.5, 0.6) is 0 Å². The summed E-state index contributed by atoms with van der Waals surface area (Å²) in [5, 5.41) is 2.91. The minimum Gasteiger partial charge on any atom is -0.455 e. The first-order chi connectivity index (χ1) is 14.6. The number of hydrogen-bond donors (Lipinski definition) is 0. The first-order valence-electron chi connectivity index (χ1n) is 10.00. The number of anilines is 1. The molecule has 1 saturated heterocycles. The molecule has 3 aromatic rings. The van der Waals surface area contributed by atoms with Crippen molar-refractivity contribution < 1.29 is 14.3 Å². The lowest BCUT2D eigenvalue weighted by Gasteiger charge is -2.36. The Kier molecular flexibility index (Phi) is 6.19. The second kappa shape index (κ2) is 9.18. The summed E-state index contributed by atoms with van der Waals surface area (Å²) in [4.78, 5) is 28.6. The van der Waals surface area contributed by atoms with Gasteiger partial charge in [-0.1, -0.05) is 60.1 Å². The second-order valence-corrected chi connectivity index (χ2v) is 7.80. The Bertz CT molecular complexity index is 1060. The molecule has 0 bridgehead atoms. The van der Waals surface area contributed by atoms with Gasteiger partial charge >= 0.3 is 5.97 Å². The molecule has 1 heterocycles. The molecular formula is C24H23ClN2O3. The fourth-order valence-corrected chi connectivity index (χ4v) is 3.87. The molecule has 1 aliphatic heterocycles. The zero-order chi connectivity index (χ0) is 20.9. The van der Waals surface area contributed by atoms with E-state index in [9.17, 15) is 9.59 Å². The van der Waals surface area contributed by atoms with Crippen LogP contribution in [0.3, 0.4) is 0 Å². The first-order valence-corrected chi connectivity index (χ1v) is 10.4. The van der Waals surface area contributed by atoms with Gasteiger partial charge in [0.2, 0.25) is 0 Å². The summed E-state index contributed by atoms with van der Waals surface area (Å²) >= 11 is 6.06. The van der Waals surface area contributed by atoms with Crippen molar-refractivity contribution in [2.75, 3.05) is 37.7 Å². The number of fused-ring (bicyclic) bond motifs is 1. The molecule has 6 heteroatoms. The van der Waals surface area contributed by atoms with Crippen LogP contribution in [-0.4, -0.2) is 49.6 Å².